The number of ketones is 1. The summed E-state index contributed by atoms with van der Waals surface area (Å²) in [6, 6.07) is 0. The van der Waals surface area contributed by atoms with Gasteiger partial charge in [0.1, 0.15) is 5.78 Å². The Hall–Kier alpha value is 0.516. The van der Waals surface area contributed by atoms with Crippen LogP contribution in [-0.2, 0) is 9.59 Å². The van der Waals surface area contributed by atoms with Crippen LogP contribution in [0.25, 0.3) is 0 Å². The van der Waals surface area contributed by atoms with Gasteiger partial charge in [-0.15, -0.1) is 0 Å². The van der Waals surface area contributed by atoms with E-state index >= 15 is 0 Å². The Morgan fingerprint density at radius 3 is 1.71 bits per heavy atom. The summed E-state index contributed by atoms with van der Waals surface area (Å²) in [5.74, 6) is -0.530. The second kappa shape index (κ2) is 21.6. The number of carbonyl (C=O) groups excluding carboxylic acids is 2. The van der Waals surface area contributed by atoms with Gasteiger partial charge in [-0.2, -0.15) is 0 Å². The van der Waals surface area contributed by atoms with Crippen LogP contribution in [0.15, 0.2) is 12.2 Å². The number of unbranched alkanes of at least 4 members (excludes halogenated alkanes) is 11. The molecule has 0 heterocycles. The van der Waals surface area contributed by atoms with Gasteiger partial charge in [-0.3, -0.25) is 9.59 Å². The van der Waals surface area contributed by atoms with Crippen molar-refractivity contribution in [2.75, 3.05) is 0 Å². The van der Waals surface area contributed by atoms with Gasteiger partial charge in [0.25, 0.3) is 0 Å². The van der Waals surface area contributed by atoms with Crippen LogP contribution in [0.2, 0.25) is 0 Å². The van der Waals surface area contributed by atoms with E-state index in [0.717, 1.165) is 12.8 Å². The van der Waals surface area contributed by atoms with Crippen LogP contribution in [0.5, 0.6) is 0 Å². The molecule has 0 aliphatic heterocycles. The zero-order valence-electron chi connectivity index (χ0n) is 15.2. The normalized spacial score (nSPS) is 10.7. The molecule has 0 radical (unpaired) electrons. The Kier molecular flexibility index (Phi) is 24.0. The predicted octanol–water partition coefficient (Wildman–Crippen LogP) is 4.82. The molecule has 0 unspecified atom stereocenters. The standard InChI is InChI=1S/C20H37NO2.K.H/c1-2-3-4-5-6-7-8-9-10-11-12-13-14-15-16-17-19(22)18-20(21)23;;/h9-10H,2-8,11-18H2,1H3,(H2,21,23);;. The molecule has 0 aliphatic carbocycles. The molecule has 0 fully saturated rings. The van der Waals surface area contributed by atoms with Gasteiger partial charge in [-0.05, 0) is 32.1 Å². The van der Waals surface area contributed by atoms with Crippen LogP contribution in [0.3, 0.4) is 0 Å². The van der Waals surface area contributed by atoms with Crippen molar-refractivity contribution in [1.29, 1.82) is 0 Å². The number of rotatable bonds is 17. The molecular weight excluding hydrogens is 325 g/mol. The molecule has 136 valence electrons. The van der Waals surface area contributed by atoms with Gasteiger partial charge in [0.2, 0.25) is 5.91 Å². The van der Waals surface area contributed by atoms with Crippen molar-refractivity contribution in [3.05, 3.63) is 12.2 Å². The zero-order chi connectivity index (χ0) is 17.2. The van der Waals surface area contributed by atoms with E-state index in [9.17, 15) is 9.59 Å². The third-order valence-corrected chi connectivity index (χ3v) is 4.09. The van der Waals surface area contributed by atoms with Crippen molar-refractivity contribution in [2.24, 2.45) is 5.73 Å². The number of hydrogen-bond acceptors (Lipinski definition) is 2. The van der Waals surface area contributed by atoms with Crippen molar-refractivity contribution in [3.63, 3.8) is 0 Å². The van der Waals surface area contributed by atoms with Crippen LogP contribution in [0.4, 0.5) is 0 Å². The summed E-state index contributed by atoms with van der Waals surface area (Å²) in [5.41, 5.74) is 4.98. The number of amides is 1. The van der Waals surface area contributed by atoms with Crippen LogP contribution in [-0.4, -0.2) is 63.1 Å². The van der Waals surface area contributed by atoms with Gasteiger partial charge >= 0.3 is 51.4 Å². The van der Waals surface area contributed by atoms with E-state index in [2.05, 4.69) is 19.1 Å². The fourth-order valence-electron chi connectivity index (χ4n) is 2.68. The topological polar surface area (TPSA) is 60.2 Å². The first kappa shape index (κ1) is 26.7. The summed E-state index contributed by atoms with van der Waals surface area (Å²) >= 11 is 0. The predicted molar refractivity (Wildman–Crippen MR) is 105 cm³/mol. The Labute approximate surface area is 192 Å². The molecule has 2 N–H and O–H groups in total. The number of hydrogen-bond donors (Lipinski definition) is 1. The van der Waals surface area contributed by atoms with E-state index in [1.165, 1.54) is 70.6 Å². The van der Waals surface area contributed by atoms with Gasteiger partial charge in [0.15, 0.2) is 0 Å². The summed E-state index contributed by atoms with van der Waals surface area (Å²) in [6.07, 6.45) is 21.3. The molecule has 0 rings (SSSR count). The van der Waals surface area contributed by atoms with Crippen molar-refractivity contribution in [1.82, 2.24) is 0 Å². The SMILES string of the molecule is CCCCCCCCC=CCCCCCCCC(=O)CC(N)=O.[KH]. The fraction of sp³-hybridized carbons (Fsp3) is 0.800. The Morgan fingerprint density at radius 1 is 0.750 bits per heavy atom. The molecule has 1 amide bonds. The molecule has 0 aromatic heterocycles. The van der Waals surface area contributed by atoms with Gasteiger partial charge in [-0.25, -0.2) is 0 Å². The Bertz CT molecular complexity index is 330. The van der Waals surface area contributed by atoms with E-state index in [0.29, 0.717) is 6.42 Å². The van der Waals surface area contributed by atoms with E-state index in [1.54, 1.807) is 0 Å². The molecule has 0 aromatic carbocycles. The molecule has 24 heavy (non-hydrogen) atoms. The zero-order valence-corrected chi connectivity index (χ0v) is 15.2. The second-order valence-corrected chi connectivity index (χ2v) is 6.52. The maximum atomic E-state index is 11.3. The number of carbonyl (C=O) groups is 2. The number of allylic oxidation sites excluding steroid dienone is 2. The first-order chi connectivity index (χ1) is 11.2. The van der Waals surface area contributed by atoms with Crippen molar-refractivity contribution in [2.45, 2.75) is 103 Å². The molecule has 0 saturated carbocycles. The summed E-state index contributed by atoms with van der Waals surface area (Å²) in [6.45, 7) is 2.26. The summed E-state index contributed by atoms with van der Waals surface area (Å²) in [4.78, 5) is 21.8. The first-order valence-corrected chi connectivity index (χ1v) is 9.61. The maximum absolute atomic E-state index is 11.3. The average molecular weight is 364 g/mol. The first-order valence-electron chi connectivity index (χ1n) is 9.61. The van der Waals surface area contributed by atoms with Crippen molar-refractivity contribution >= 4 is 63.1 Å². The number of Topliss-reactive ketones (excluding diaryl/α,β-unsaturated/α-hetero) is 1. The Morgan fingerprint density at radius 2 is 1.21 bits per heavy atom. The quantitative estimate of drug-likeness (QED) is 0.174. The molecule has 0 aliphatic rings. The average Bonchev–Trinajstić information content (AvgIpc) is 2.50. The van der Waals surface area contributed by atoms with Gasteiger partial charge in [0, 0.05) is 6.42 Å². The van der Waals surface area contributed by atoms with Crippen LogP contribution >= 0.6 is 0 Å². The summed E-state index contributed by atoms with van der Waals surface area (Å²) < 4.78 is 0. The summed E-state index contributed by atoms with van der Waals surface area (Å²) in [5, 5.41) is 0. The monoisotopic (exact) mass is 363 g/mol. The molecule has 0 spiro atoms. The minimum atomic E-state index is -0.511. The van der Waals surface area contributed by atoms with Gasteiger partial charge in [-0.1, -0.05) is 70.4 Å². The Balaban J connectivity index is 0. The number of nitrogens with two attached hydrogens (primary N) is 1. The molecule has 3 nitrogen and oxygen atoms in total. The molecule has 0 saturated heterocycles. The van der Waals surface area contributed by atoms with Crippen molar-refractivity contribution < 1.29 is 9.59 Å². The minimum absolute atomic E-state index is 0. The van der Waals surface area contributed by atoms with Crippen LogP contribution in [0, 0.1) is 0 Å². The number of primary amides is 1. The summed E-state index contributed by atoms with van der Waals surface area (Å²) in [7, 11) is 0. The van der Waals surface area contributed by atoms with E-state index in [4.69, 9.17) is 5.73 Å². The van der Waals surface area contributed by atoms with Gasteiger partial charge in [0.05, 0.1) is 6.42 Å². The molecule has 0 aromatic rings. The second-order valence-electron chi connectivity index (χ2n) is 6.52. The van der Waals surface area contributed by atoms with Crippen LogP contribution < -0.4 is 5.73 Å². The third-order valence-electron chi connectivity index (χ3n) is 4.09. The van der Waals surface area contributed by atoms with Gasteiger partial charge < -0.3 is 5.73 Å². The van der Waals surface area contributed by atoms with E-state index in [-0.39, 0.29) is 63.6 Å². The van der Waals surface area contributed by atoms with Crippen LogP contribution in [0.1, 0.15) is 103 Å². The molecule has 0 atom stereocenters. The molecule has 0 bridgehead atoms. The van der Waals surface area contributed by atoms with E-state index in [1.807, 2.05) is 0 Å². The van der Waals surface area contributed by atoms with E-state index < -0.39 is 5.91 Å². The third kappa shape index (κ3) is 22.5. The van der Waals surface area contributed by atoms with Crippen molar-refractivity contribution in [3.8, 4) is 0 Å². The fourth-order valence-corrected chi connectivity index (χ4v) is 2.68. The molecular formula is C20H38KNO2. The molecule has 4 heteroatoms.